The molecule has 0 saturated heterocycles. The molecule has 3 rings (SSSR count). The van der Waals surface area contributed by atoms with Gasteiger partial charge in [0.15, 0.2) is 0 Å². The number of hydrogen-bond acceptors (Lipinski definition) is 6. The summed E-state index contributed by atoms with van der Waals surface area (Å²) in [6, 6.07) is 9.42. The highest BCUT2D eigenvalue weighted by molar-refractivity contribution is 6.99. The Hall–Kier alpha value is -1.52. The highest BCUT2D eigenvalue weighted by atomic mass is 127. The van der Waals surface area contributed by atoms with Crippen molar-refractivity contribution < 1.29 is 42.7 Å². The average Bonchev–Trinajstić information content (AvgIpc) is 3.51. The van der Waals surface area contributed by atoms with Gasteiger partial charge in [-0.1, -0.05) is 134 Å². The largest absolute Gasteiger partial charge is 1.00 e. The Kier molecular flexibility index (Phi) is 20.9. The maximum Gasteiger partial charge on any atom is 0.342 e. The van der Waals surface area contributed by atoms with Crippen LogP contribution in [0.3, 0.4) is 0 Å². The van der Waals surface area contributed by atoms with Gasteiger partial charge in [-0.2, -0.15) is 4.37 Å². The Morgan fingerprint density at radius 3 is 2.02 bits per heavy atom. The molecule has 0 N–H and O–H groups in total. The zero-order valence-electron chi connectivity index (χ0n) is 28.5. The van der Waals surface area contributed by atoms with Crippen LogP contribution in [0.25, 0.3) is 5.57 Å². The predicted molar refractivity (Wildman–Crippen MR) is 184 cm³/mol. The molecule has 6 nitrogen and oxygen atoms in total. The van der Waals surface area contributed by atoms with Crippen LogP contribution in [0, 0.1) is 0 Å². The van der Waals surface area contributed by atoms with Gasteiger partial charge >= 0.3 is 5.97 Å². The molecule has 0 fully saturated rings. The molecular weight excluding hydrogens is 693 g/mol. The van der Waals surface area contributed by atoms with Crippen LogP contribution in [0.2, 0.25) is 0 Å². The summed E-state index contributed by atoms with van der Waals surface area (Å²) in [6.45, 7) is 6.86. The first-order valence-electron chi connectivity index (χ1n) is 17.8. The summed E-state index contributed by atoms with van der Waals surface area (Å²) in [5.41, 5.74) is 2.63. The Morgan fingerprint density at radius 1 is 0.822 bits per heavy atom. The van der Waals surface area contributed by atoms with E-state index in [4.69, 9.17) is 9.47 Å². The Bertz CT molecular complexity index is 1080. The molecule has 0 aliphatic carbocycles. The molecule has 2 heterocycles. The quantitative estimate of drug-likeness (QED) is 0.0485. The fourth-order valence-electron chi connectivity index (χ4n) is 6.25. The van der Waals surface area contributed by atoms with Gasteiger partial charge in [0.1, 0.15) is 12.2 Å². The maximum absolute atomic E-state index is 13.2. The number of esters is 1. The molecule has 2 aromatic rings. The van der Waals surface area contributed by atoms with Crippen LogP contribution in [0.4, 0.5) is 0 Å². The first kappa shape index (κ1) is 39.7. The summed E-state index contributed by atoms with van der Waals surface area (Å²) in [4.78, 5) is 13.2. The molecule has 45 heavy (non-hydrogen) atoms. The normalized spacial score (nSPS) is 16.9. The van der Waals surface area contributed by atoms with E-state index >= 15 is 0 Å². The maximum atomic E-state index is 13.2. The second-order valence-corrected chi connectivity index (χ2v) is 13.5. The van der Waals surface area contributed by atoms with Gasteiger partial charge in [0.05, 0.1) is 37.5 Å². The molecular formula is C37H60IN3O3S. The zero-order chi connectivity index (χ0) is 31.3. The topological polar surface area (TPSA) is 61.3 Å². The molecule has 8 heteroatoms. The van der Waals surface area contributed by atoms with Gasteiger partial charge in [-0.3, -0.25) is 4.48 Å². The summed E-state index contributed by atoms with van der Waals surface area (Å²) in [6.07, 6.45) is 25.8. The van der Waals surface area contributed by atoms with Gasteiger partial charge in [0.25, 0.3) is 5.88 Å². The van der Waals surface area contributed by atoms with E-state index in [9.17, 15) is 4.79 Å². The van der Waals surface area contributed by atoms with Crippen molar-refractivity contribution in [3.8, 4) is 5.88 Å². The molecule has 1 aliphatic rings. The first-order valence-corrected chi connectivity index (χ1v) is 18.6. The van der Waals surface area contributed by atoms with E-state index in [0.29, 0.717) is 22.5 Å². The highest BCUT2D eigenvalue weighted by Crippen LogP contribution is 2.33. The smallest absolute Gasteiger partial charge is 0.342 e. The molecule has 0 spiro atoms. The Balaban J connectivity index is 0.00000705. The van der Waals surface area contributed by atoms with Crippen molar-refractivity contribution in [3.63, 3.8) is 0 Å². The van der Waals surface area contributed by atoms with Crippen molar-refractivity contribution in [1.82, 2.24) is 8.75 Å². The van der Waals surface area contributed by atoms with E-state index in [2.05, 4.69) is 35.7 Å². The minimum Gasteiger partial charge on any atom is -1.00 e. The number of hydrogen-bond donors (Lipinski definition) is 0. The van der Waals surface area contributed by atoms with Gasteiger partial charge in [0, 0.05) is 18.4 Å². The van der Waals surface area contributed by atoms with Crippen LogP contribution in [0.5, 0.6) is 5.88 Å². The fraction of sp³-hybridized carbons (Fsp3) is 0.703. The number of likely N-dealkylation sites (N-methyl/N-ethyl adjacent to an activating group) is 1. The minimum absolute atomic E-state index is 0. The van der Waals surface area contributed by atoms with Crippen LogP contribution in [0.1, 0.15) is 152 Å². The molecule has 0 radical (unpaired) electrons. The number of carbonyl (C=O) groups excluding carboxylic acids is 1. The lowest BCUT2D eigenvalue weighted by atomic mass is 10.0. The molecule has 254 valence electrons. The van der Waals surface area contributed by atoms with E-state index in [1.54, 1.807) is 0 Å². The third-order valence-corrected chi connectivity index (χ3v) is 9.58. The molecule has 1 aliphatic heterocycles. The third kappa shape index (κ3) is 14.8. The zero-order valence-corrected chi connectivity index (χ0v) is 31.4. The van der Waals surface area contributed by atoms with Crippen molar-refractivity contribution >= 4 is 23.3 Å². The van der Waals surface area contributed by atoms with Crippen molar-refractivity contribution in [2.75, 3.05) is 26.7 Å². The molecule has 0 amide bonds. The minimum atomic E-state index is -0.229. The monoisotopic (exact) mass is 753 g/mol. The number of aromatic nitrogens is 2. The molecule has 0 saturated carbocycles. The van der Waals surface area contributed by atoms with Gasteiger partial charge in [0.2, 0.25) is 6.23 Å². The lowest BCUT2D eigenvalue weighted by Crippen LogP contribution is -3.00. The number of carbonyl (C=O) groups is 1. The third-order valence-electron chi connectivity index (χ3n) is 9.06. The number of unbranched alkanes of at least 4 members (excludes halogenated alkanes) is 15. The molecule has 2 unspecified atom stereocenters. The fourth-order valence-corrected chi connectivity index (χ4v) is 6.78. The van der Waals surface area contributed by atoms with Crippen molar-refractivity contribution in [2.45, 2.75) is 142 Å². The summed E-state index contributed by atoms with van der Waals surface area (Å²) in [7, 11) is 2.24. The second-order valence-electron chi connectivity index (χ2n) is 13.0. The first-order chi connectivity index (χ1) is 21.6. The lowest BCUT2D eigenvalue weighted by Gasteiger charge is -2.42. The van der Waals surface area contributed by atoms with E-state index in [0.717, 1.165) is 50.0 Å². The van der Waals surface area contributed by atoms with Crippen LogP contribution in [0.15, 0.2) is 36.4 Å². The number of benzene rings is 1. The van der Waals surface area contributed by atoms with E-state index in [1.807, 2.05) is 30.3 Å². The van der Waals surface area contributed by atoms with Crippen molar-refractivity contribution in [2.24, 2.45) is 0 Å². The van der Waals surface area contributed by atoms with Gasteiger partial charge < -0.3 is 33.5 Å². The summed E-state index contributed by atoms with van der Waals surface area (Å²) >= 11 is 1.22. The second kappa shape index (κ2) is 23.7. The van der Waals surface area contributed by atoms with Crippen molar-refractivity contribution in [3.05, 3.63) is 47.7 Å². The van der Waals surface area contributed by atoms with Gasteiger partial charge in [-0.05, 0) is 25.0 Å². The molecule has 2 atom stereocenters. The Morgan fingerprint density at radius 2 is 1.40 bits per heavy atom. The lowest BCUT2D eigenvalue weighted by molar-refractivity contribution is -0.947. The molecule has 1 aromatic heterocycles. The summed E-state index contributed by atoms with van der Waals surface area (Å²) in [5, 5.41) is 0. The number of ether oxygens (including phenoxy) is 2. The summed E-state index contributed by atoms with van der Waals surface area (Å²) in [5.74, 6) is 0.424. The van der Waals surface area contributed by atoms with Crippen LogP contribution in [-0.2, 0) is 4.74 Å². The van der Waals surface area contributed by atoms with E-state index < -0.39 is 0 Å². The molecule has 0 bridgehead atoms. The van der Waals surface area contributed by atoms with Crippen molar-refractivity contribution in [1.29, 1.82) is 0 Å². The molecule has 1 aromatic carbocycles. The highest BCUT2D eigenvalue weighted by Gasteiger charge is 2.39. The number of rotatable bonds is 24. The van der Waals surface area contributed by atoms with Gasteiger partial charge in [-0.15, -0.1) is 4.37 Å². The van der Waals surface area contributed by atoms with E-state index in [1.165, 1.54) is 108 Å². The van der Waals surface area contributed by atoms with Crippen LogP contribution >= 0.6 is 11.7 Å². The number of quaternary nitrogens is 1. The van der Waals surface area contributed by atoms with Gasteiger partial charge in [-0.25, -0.2) is 4.79 Å². The predicted octanol–water partition coefficient (Wildman–Crippen LogP) is 7.40. The standard InChI is InChI=1S/C37H60N3O3S.HI/c1-4-6-8-10-11-12-13-14-15-16-17-18-22-28-34(43-37(41)32-25-20-19-21-26-32)40(3)29-24-27-33(31-40)35-36(39-44-38-35)42-30-23-9-7-5-2;/h19-21,25-27,34H,4-18,22-24,28-31H2,1-3H3;1H/q+1;/p-1. The van der Waals surface area contributed by atoms with E-state index in [-0.39, 0.29) is 36.2 Å². The average molecular weight is 754 g/mol. The van der Waals surface area contributed by atoms with Crippen LogP contribution < -0.4 is 28.7 Å². The Labute approximate surface area is 295 Å². The number of nitrogens with zero attached hydrogens (tertiary/aromatic N) is 3. The summed E-state index contributed by atoms with van der Waals surface area (Å²) < 4.78 is 22.2. The number of halogens is 1. The van der Waals surface area contributed by atoms with Crippen LogP contribution in [-0.4, -0.2) is 52.2 Å². The SMILES string of the molecule is CCCCCCCCCCCCCCCC(OC(=O)c1ccccc1)[N+]1(C)CCC=C(c2nsnc2OCCCCCC)C1.[I-].